The molecule has 0 radical (unpaired) electrons. The summed E-state index contributed by atoms with van der Waals surface area (Å²) in [5, 5.41) is 46.8. The van der Waals surface area contributed by atoms with E-state index in [1.54, 1.807) is 18.2 Å². The summed E-state index contributed by atoms with van der Waals surface area (Å²) in [5.74, 6) is -3.53. The van der Waals surface area contributed by atoms with Crippen LogP contribution in [-0.4, -0.2) is 76.6 Å². The van der Waals surface area contributed by atoms with Crippen LogP contribution < -0.4 is 34.3 Å². The Labute approximate surface area is 360 Å². The third-order valence-electron chi connectivity index (χ3n) is 9.94. The normalized spacial score (nSPS) is 12.6. The van der Waals surface area contributed by atoms with E-state index in [0.29, 0.717) is 16.7 Å². The summed E-state index contributed by atoms with van der Waals surface area (Å²) < 4.78 is 35.0. The fraction of sp³-hybridized carbons (Fsp3) is 0.186. The van der Waals surface area contributed by atoms with Crippen LogP contribution in [0.2, 0.25) is 0 Å². The van der Waals surface area contributed by atoms with Gasteiger partial charge in [0, 0.05) is 66.5 Å². The third kappa shape index (κ3) is 8.98. The van der Waals surface area contributed by atoms with Crippen molar-refractivity contribution >= 4 is 41.1 Å². The summed E-state index contributed by atoms with van der Waals surface area (Å²) in [6.45, 7) is -2.09. The largest absolute Gasteiger partial charge is 0.489 e. The van der Waals surface area contributed by atoms with Gasteiger partial charge in [-0.3, -0.25) is 29.8 Å². The second kappa shape index (κ2) is 18.1. The number of nitrogens with zero attached hydrogens (tertiary/aromatic N) is 2. The lowest BCUT2D eigenvalue weighted by molar-refractivity contribution is -0.386. The highest BCUT2D eigenvalue weighted by Crippen LogP contribution is 2.57. The van der Waals surface area contributed by atoms with Crippen LogP contribution in [0, 0.1) is 20.2 Å². The van der Waals surface area contributed by atoms with E-state index in [-0.39, 0.29) is 100 Å². The molecule has 4 N–H and O–H groups in total. The van der Waals surface area contributed by atoms with Crippen molar-refractivity contribution in [3.8, 4) is 34.5 Å². The van der Waals surface area contributed by atoms with Gasteiger partial charge in [-0.2, -0.15) is 0 Å². The van der Waals surface area contributed by atoms with E-state index in [9.17, 15) is 44.2 Å². The van der Waals surface area contributed by atoms with E-state index in [2.05, 4.69) is 10.6 Å². The molecule has 0 unspecified atom stereocenters. The number of carbonyl (C=O) groups excluding carboxylic acids is 3. The van der Waals surface area contributed by atoms with Gasteiger partial charge in [0.2, 0.25) is 5.91 Å². The van der Waals surface area contributed by atoms with Gasteiger partial charge in [-0.25, -0.2) is 14.4 Å². The minimum atomic E-state index is -1.69. The Kier molecular flexibility index (Phi) is 12.2. The number of rotatable bonds is 18. The van der Waals surface area contributed by atoms with Gasteiger partial charge in [0.05, 0.1) is 26.5 Å². The van der Waals surface area contributed by atoms with Crippen molar-refractivity contribution in [1.29, 1.82) is 0 Å². The van der Waals surface area contributed by atoms with Crippen molar-refractivity contribution in [2.24, 2.45) is 0 Å². The van der Waals surface area contributed by atoms with E-state index < -0.39 is 52.5 Å². The summed E-state index contributed by atoms with van der Waals surface area (Å²) in [4.78, 5) is 83.1. The zero-order valence-corrected chi connectivity index (χ0v) is 33.3. The monoisotopic (exact) mass is 878 g/mol. The van der Waals surface area contributed by atoms with Crippen LogP contribution in [0.3, 0.4) is 0 Å². The van der Waals surface area contributed by atoms with Crippen LogP contribution in [0.1, 0.15) is 55.0 Å². The number of hydrogen-bond donors (Lipinski definition) is 4. The first-order valence-corrected chi connectivity index (χ1v) is 19.0. The van der Waals surface area contributed by atoms with Gasteiger partial charge in [0.25, 0.3) is 17.3 Å². The maximum absolute atomic E-state index is 13.8. The zero-order valence-electron chi connectivity index (χ0n) is 33.3. The Balaban J connectivity index is 1.24. The molecule has 0 atom stereocenters. The summed E-state index contributed by atoms with van der Waals surface area (Å²) in [7, 11) is 1.47. The first-order valence-electron chi connectivity index (χ1n) is 19.0. The number of carboxylic acids is 2. The second-order valence-electron chi connectivity index (χ2n) is 14.0. The number of hydrogen-bond acceptors (Lipinski definition) is 15. The fourth-order valence-electron chi connectivity index (χ4n) is 7.03. The molecule has 5 aromatic carbocycles. The molecule has 0 bridgehead atoms. The number of carbonyl (C=O) groups is 5. The molecule has 0 saturated heterocycles. The number of nitro benzene ring substituents is 2. The minimum absolute atomic E-state index is 0.0261. The predicted octanol–water partition coefficient (Wildman–Crippen LogP) is 5.02. The van der Waals surface area contributed by atoms with Gasteiger partial charge < -0.3 is 49.3 Å². The van der Waals surface area contributed by atoms with Crippen molar-refractivity contribution in [2.75, 3.05) is 26.8 Å². The highest BCUT2D eigenvalue weighted by molar-refractivity contribution is 6.01. The Morgan fingerprint density at radius 1 is 0.672 bits per heavy atom. The van der Waals surface area contributed by atoms with Crippen molar-refractivity contribution < 1.29 is 72.5 Å². The number of nitrogens with one attached hydrogen (secondary N) is 2. The Morgan fingerprint density at radius 2 is 1.16 bits per heavy atom. The highest BCUT2D eigenvalue weighted by atomic mass is 16.6. The fourth-order valence-corrected chi connectivity index (χ4v) is 7.03. The number of carboxylic acid groups (broad SMARTS) is 2. The van der Waals surface area contributed by atoms with Crippen LogP contribution in [0.25, 0.3) is 0 Å². The predicted molar refractivity (Wildman–Crippen MR) is 217 cm³/mol. The van der Waals surface area contributed by atoms with Crippen LogP contribution in [0.5, 0.6) is 34.5 Å². The first kappa shape index (κ1) is 43.3. The number of benzene rings is 5. The standard InChI is InChI=1S/C43H34N4O17/c1-44-38(48)12-13-45-41(53)23-2-7-31-30(16-23)42(54)64-43(31)32-8-3-28(59-19-24-14-26(61-21-39(49)50)5-10-34(24)46(55)56)17-36(32)63-37-18-29(4-9-33(37)43)60-20-25-15-27(62-22-40(51)52)6-11-35(25)47(57)58/h2-11,14-18H,12-13,19-22H2,1H3,(H,44,48)(H,45,53)(H,49,50)(H,51,52). The Bertz CT molecular complexity index is 2620. The van der Waals surface area contributed by atoms with Gasteiger partial charge >= 0.3 is 17.9 Å². The van der Waals surface area contributed by atoms with E-state index in [1.807, 2.05) is 0 Å². The first-order chi connectivity index (χ1) is 30.7. The van der Waals surface area contributed by atoms with Crippen LogP contribution in [0.4, 0.5) is 11.4 Å². The lowest BCUT2D eigenvalue weighted by atomic mass is 9.77. The number of fused-ring (bicyclic) bond motifs is 6. The average molecular weight is 879 g/mol. The molecule has 0 fully saturated rings. The molecule has 1 spiro atoms. The maximum atomic E-state index is 13.8. The maximum Gasteiger partial charge on any atom is 0.341 e. The summed E-state index contributed by atoms with van der Waals surface area (Å²) in [5.41, 5.74) is -1.09. The van der Waals surface area contributed by atoms with E-state index in [4.69, 9.17) is 38.6 Å². The lowest BCUT2D eigenvalue weighted by Gasteiger charge is -2.36. The quantitative estimate of drug-likeness (QED) is 0.0510. The molecule has 2 amide bonds. The summed E-state index contributed by atoms with van der Waals surface area (Å²) in [6.07, 6.45) is 0.0261. The van der Waals surface area contributed by atoms with Crippen molar-refractivity contribution in [3.05, 3.63) is 150 Å². The SMILES string of the molecule is CNC(=O)CCNC(=O)c1ccc2c(c1)C(=O)OC21c2ccc(OCc3cc(OCC(=O)O)ccc3[N+](=O)[O-])cc2Oc2cc(OCc3cc(OCC(=O)O)ccc3[N+](=O)[O-])ccc21. The molecule has 0 aromatic heterocycles. The molecule has 21 heteroatoms. The van der Waals surface area contributed by atoms with Gasteiger partial charge in [0.1, 0.15) is 47.7 Å². The van der Waals surface area contributed by atoms with Crippen molar-refractivity contribution in [3.63, 3.8) is 0 Å². The molecule has 2 aliphatic rings. The summed E-state index contributed by atoms with van der Waals surface area (Å²) in [6, 6.07) is 20.9. The zero-order chi connectivity index (χ0) is 45.7. The minimum Gasteiger partial charge on any atom is -0.489 e. The van der Waals surface area contributed by atoms with Crippen LogP contribution in [-0.2, 0) is 37.9 Å². The molecular weight excluding hydrogens is 844 g/mol. The van der Waals surface area contributed by atoms with Gasteiger partial charge in [-0.05, 0) is 60.7 Å². The van der Waals surface area contributed by atoms with E-state index in [0.717, 1.165) is 12.1 Å². The smallest absolute Gasteiger partial charge is 0.341 e. The van der Waals surface area contributed by atoms with Crippen LogP contribution in [0.15, 0.2) is 91.0 Å². The molecule has 21 nitrogen and oxygen atoms in total. The number of nitro groups is 2. The molecule has 5 aromatic rings. The third-order valence-corrected chi connectivity index (χ3v) is 9.94. The average Bonchev–Trinajstić information content (AvgIpc) is 3.56. The Hall–Kier alpha value is -8.75. The Morgan fingerprint density at radius 3 is 1.64 bits per heavy atom. The molecule has 64 heavy (non-hydrogen) atoms. The molecular formula is C43H34N4O17. The van der Waals surface area contributed by atoms with E-state index in [1.165, 1.54) is 67.7 Å². The van der Waals surface area contributed by atoms with Gasteiger partial charge in [-0.1, -0.05) is 6.07 Å². The molecule has 0 aliphatic carbocycles. The number of aliphatic carboxylic acids is 2. The number of esters is 1. The highest BCUT2D eigenvalue weighted by Gasteiger charge is 2.54. The second-order valence-corrected chi connectivity index (χ2v) is 14.0. The summed E-state index contributed by atoms with van der Waals surface area (Å²) >= 11 is 0. The van der Waals surface area contributed by atoms with Gasteiger partial charge in [-0.15, -0.1) is 0 Å². The van der Waals surface area contributed by atoms with Gasteiger partial charge in [0.15, 0.2) is 18.8 Å². The molecule has 0 saturated carbocycles. The molecule has 2 heterocycles. The topological polar surface area (TPSA) is 292 Å². The molecule has 7 rings (SSSR count). The number of amides is 2. The van der Waals surface area contributed by atoms with Crippen molar-refractivity contribution in [2.45, 2.75) is 25.2 Å². The van der Waals surface area contributed by atoms with E-state index >= 15 is 0 Å². The molecule has 328 valence electrons. The van der Waals surface area contributed by atoms with Crippen molar-refractivity contribution in [1.82, 2.24) is 10.6 Å². The lowest BCUT2D eigenvalue weighted by Crippen LogP contribution is -2.33. The molecule has 2 aliphatic heterocycles. The van der Waals surface area contributed by atoms with Crippen LogP contribution >= 0.6 is 0 Å². The number of ether oxygens (including phenoxy) is 6.